The summed E-state index contributed by atoms with van der Waals surface area (Å²) >= 11 is 0. The fraction of sp³-hybridized carbons (Fsp3) is 0.355. The van der Waals surface area contributed by atoms with Crippen LogP contribution in [-0.2, 0) is 17.7 Å². The minimum Gasteiger partial charge on any atom is -0.428 e. The molecular formula is C31H37N3O3. The Balaban J connectivity index is 1.61. The molecule has 0 amide bonds. The van der Waals surface area contributed by atoms with Crippen LogP contribution in [0.2, 0.25) is 0 Å². The average Bonchev–Trinajstić information content (AvgIpc) is 3.18. The van der Waals surface area contributed by atoms with Gasteiger partial charge in [0.05, 0.1) is 11.0 Å². The number of aryl methyl sites for hydroxylation is 1. The Hall–Kier alpha value is -3.80. The molecule has 194 valence electrons. The van der Waals surface area contributed by atoms with Gasteiger partial charge in [0.25, 0.3) is 0 Å². The summed E-state index contributed by atoms with van der Waals surface area (Å²) in [5, 5.41) is 0. The third-order valence-electron chi connectivity index (χ3n) is 6.16. The predicted octanol–water partition coefficient (Wildman–Crippen LogP) is 7.47. The molecule has 3 aromatic carbocycles. The quantitative estimate of drug-likeness (QED) is 0.186. The van der Waals surface area contributed by atoms with E-state index in [4.69, 9.17) is 14.5 Å². The van der Waals surface area contributed by atoms with E-state index in [1.165, 1.54) is 5.56 Å². The van der Waals surface area contributed by atoms with Crippen molar-refractivity contribution in [1.82, 2.24) is 9.55 Å². The Morgan fingerprint density at radius 3 is 2.41 bits per heavy atom. The minimum absolute atomic E-state index is 0.475. The van der Waals surface area contributed by atoms with Crippen molar-refractivity contribution in [3.05, 3.63) is 78.1 Å². The molecule has 4 rings (SSSR count). The number of hydrogen-bond acceptors (Lipinski definition) is 5. The highest BCUT2D eigenvalue weighted by molar-refractivity contribution is 5.81. The molecule has 0 bridgehead atoms. The second-order valence-electron chi connectivity index (χ2n) is 10.5. The number of para-hydroxylation sites is 1. The van der Waals surface area contributed by atoms with Gasteiger partial charge in [-0.25, -0.2) is 9.78 Å². The molecule has 0 aliphatic rings. The first-order valence-electron chi connectivity index (χ1n) is 12.9. The fourth-order valence-electron chi connectivity index (χ4n) is 4.27. The second kappa shape index (κ2) is 11.1. The van der Waals surface area contributed by atoms with E-state index >= 15 is 0 Å². The van der Waals surface area contributed by atoms with E-state index in [0.29, 0.717) is 5.75 Å². The highest BCUT2D eigenvalue weighted by atomic mass is 16.7. The first kappa shape index (κ1) is 26.3. The van der Waals surface area contributed by atoms with Crippen LogP contribution in [0.1, 0.15) is 51.9 Å². The molecule has 0 radical (unpaired) electrons. The Morgan fingerprint density at radius 1 is 1.00 bits per heavy atom. The summed E-state index contributed by atoms with van der Waals surface area (Å²) in [4.78, 5) is 19.3. The first-order valence-corrected chi connectivity index (χ1v) is 12.9. The zero-order valence-corrected chi connectivity index (χ0v) is 22.7. The number of rotatable bonds is 8. The van der Waals surface area contributed by atoms with Gasteiger partial charge in [0.15, 0.2) is 0 Å². The summed E-state index contributed by atoms with van der Waals surface area (Å²) in [5.41, 5.74) is 5.72. The number of fused-ring (bicyclic) bond motifs is 1. The Bertz CT molecular complexity index is 1360. The molecule has 6 heteroatoms. The summed E-state index contributed by atoms with van der Waals surface area (Å²) in [6.45, 7) is 8.40. The van der Waals surface area contributed by atoms with Crippen molar-refractivity contribution in [3.8, 4) is 16.9 Å². The van der Waals surface area contributed by atoms with Crippen LogP contribution in [0.4, 0.5) is 10.5 Å². The van der Waals surface area contributed by atoms with Crippen molar-refractivity contribution in [2.24, 2.45) is 0 Å². The molecule has 6 nitrogen and oxygen atoms in total. The second-order valence-corrected chi connectivity index (χ2v) is 10.5. The first-order chi connectivity index (χ1) is 17.6. The molecule has 0 atom stereocenters. The maximum atomic E-state index is 12.3. The highest BCUT2D eigenvalue weighted by Gasteiger charge is 2.19. The number of benzene rings is 3. The third kappa shape index (κ3) is 6.50. The molecule has 1 aromatic heterocycles. The van der Waals surface area contributed by atoms with E-state index in [1.807, 2.05) is 39.0 Å². The van der Waals surface area contributed by atoms with E-state index in [1.54, 1.807) is 6.07 Å². The van der Waals surface area contributed by atoms with Gasteiger partial charge in [-0.3, -0.25) is 0 Å². The van der Waals surface area contributed by atoms with E-state index in [-0.39, 0.29) is 0 Å². The molecule has 0 unspecified atom stereocenters. The molecule has 0 aliphatic carbocycles. The van der Waals surface area contributed by atoms with Crippen LogP contribution in [-0.4, -0.2) is 35.4 Å². The number of carbonyl (C=O) groups excluding carboxylic acids is 1. The lowest BCUT2D eigenvalue weighted by atomic mass is 10.0. The number of unbranched alkanes of at least 4 members (excludes halogenated alkanes) is 1. The summed E-state index contributed by atoms with van der Waals surface area (Å²) in [5.74, 6) is 1.59. The van der Waals surface area contributed by atoms with Crippen LogP contribution >= 0.6 is 0 Å². The van der Waals surface area contributed by atoms with E-state index in [2.05, 4.69) is 73.0 Å². The number of carbonyl (C=O) groups is 1. The van der Waals surface area contributed by atoms with Gasteiger partial charge in [-0.05, 0) is 62.6 Å². The number of hydrogen-bond donors (Lipinski definition) is 0. The Kier molecular flexibility index (Phi) is 7.86. The largest absolute Gasteiger partial charge is 0.514 e. The molecule has 0 N–H and O–H groups in total. The van der Waals surface area contributed by atoms with E-state index < -0.39 is 11.8 Å². The molecule has 0 saturated carbocycles. The molecule has 0 spiro atoms. The van der Waals surface area contributed by atoms with Gasteiger partial charge in [-0.1, -0.05) is 55.8 Å². The molecule has 0 fully saturated rings. The summed E-state index contributed by atoms with van der Waals surface area (Å²) in [6, 6.07) is 22.4. The fourth-order valence-corrected chi connectivity index (χ4v) is 4.27. The molecular weight excluding hydrogens is 462 g/mol. The lowest BCUT2D eigenvalue weighted by Gasteiger charge is -2.19. The standard InChI is InChI=1S/C31H37N3O3/c1-7-8-13-29-32-26-19-18-24(33(5)6)20-27(26)34(29)21-22-14-16-23(17-15-22)25-11-9-10-12-28(25)36-30(35)37-31(2,3)4/h9-12,14-20H,7-8,13,21H2,1-6H3. The van der Waals surface area contributed by atoms with Crippen molar-refractivity contribution < 1.29 is 14.3 Å². The van der Waals surface area contributed by atoms with E-state index in [9.17, 15) is 4.79 Å². The van der Waals surface area contributed by atoms with Gasteiger partial charge in [0, 0.05) is 38.3 Å². The average molecular weight is 500 g/mol. The lowest BCUT2D eigenvalue weighted by Crippen LogP contribution is -2.26. The van der Waals surface area contributed by atoms with Gasteiger partial charge < -0.3 is 18.9 Å². The normalized spacial score (nSPS) is 11.5. The zero-order valence-electron chi connectivity index (χ0n) is 22.7. The predicted molar refractivity (Wildman–Crippen MR) is 151 cm³/mol. The maximum absolute atomic E-state index is 12.3. The van der Waals surface area contributed by atoms with Crippen LogP contribution in [0, 0.1) is 0 Å². The Labute approximate surface area is 219 Å². The Morgan fingerprint density at radius 2 is 1.73 bits per heavy atom. The van der Waals surface area contributed by atoms with Crippen molar-refractivity contribution in [1.29, 1.82) is 0 Å². The van der Waals surface area contributed by atoms with Crippen molar-refractivity contribution in [3.63, 3.8) is 0 Å². The topological polar surface area (TPSA) is 56.6 Å². The number of aromatic nitrogens is 2. The van der Waals surface area contributed by atoms with Crippen LogP contribution in [0.15, 0.2) is 66.7 Å². The van der Waals surface area contributed by atoms with Gasteiger partial charge in [-0.2, -0.15) is 0 Å². The molecule has 0 saturated heterocycles. The smallest absolute Gasteiger partial charge is 0.428 e. The van der Waals surface area contributed by atoms with Crippen LogP contribution in [0.5, 0.6) is 5.75 Å². The van der Waals surface area contributed by atoms with Gasteiger partial charge in [0.1, 0.15) is 17.2 Å². The minimum atomic E-state index is -0.708. The van der Waals surface area contributed by atoms with Gasteiger partial charge >= 0.3 is 6.16 Å². The zero-order chi connectivity index (χ0) is 26.6. The summed E-state index contributed by atoms with van der Waals surface area (Å²) < 4.78 is 13.2. The molecule has 4 aromatic rings. The van der Waals surface area contributed by atoms with Crippen LogP contribution in [0.25, 0.3) is 22.2 Å². The van der Waals surface area contributed by atoms with Crippen molar-refractivity contribution in [2.45, 2.75) is 59.1 Å². The maximum Gasteiger partial charge on any atom is 0.514 e. The lowest BCUT2D eigenvalue weighted by molar-refractivity contribution is 0.0207. The van der Waals surface area contributed by atoms with Gasteiger partial charge in [0.2, 0.25) is 0 Å². The van der Waals surface area contributed by atoms with Crippen molar-refractivity contribution >= 4 is 22.9 Å². The molecule has 1 heterocycles. The van der Waals surface area contributed by atoms with E-state index in [0.717, 1.165) is 59.5 Å². The number of ether oxygens (including phenoxy) is 2. The molecule has 37 heavy (non-hydrogen) atoms. The monoisotopic (exact) mass is 499 g/mol. The number of nitrogens with zero attached hydrogens (tertiary/aromatic N) is 3. The number of anilines is 1. The SMILES string of the molecule is CCCCc1nc2ccc(N(C)C)cc2n1Cc1ccc(-c2ccccc2OC(=O)OC(C)(C)C)cc1. The summed E-state index contributed by atoms with van der Waals surface area (Å²) in [7, 11) is 4.12. The third-order valence-corrected chi connectivity index (χ3v) is 6.16. The summed E-state index contributed by atoms with van der Waals surface area (Å²) in [6.07, 6.45) is 2.49. The molecule has 0 aliphatic heterocycles. The van der Waals surface area contributed by atoms with Crippen molar-refractivity contribution in [2.75, 3.05) is 19.0 Å². The van der Waals surface area contributed by atoms with Crippen LogP contribution in [0.3, 0.4) is 0 Å². The van der Waals surface area contributed by atoms with Gasteiger partial charge in [-0.15, -0.1) is 0 Å². The number of imidazole rings is 1. The highest BCUT2D eigenvalue weighted by Crippen LogP contribution is 2.31. The van der Waals surface area contributed by atoms with Crippen LogP contribution < -0.4 is 9.64 Å².